The van der Waals surface area contributed by atoms with Gasteiger partial charge in [0.2, 0.25) is 11.2 Å². The summed E-state index contributed by atoms with van der Waals surface area (Å²) in [6.07, 6.45) is 2.96. The number of nitrogens with zero attached hydrogens (tertiary/aromatic N) is 2. The predicted molar refractivity (Wildman–Crippen MR) is 153 cm³/mol. The molecule has 4 aromatic carbocycles. The molecule has 0 saturated carbocycles. The van der Waals surface area contributed by atoms with Crippen molar-refractivity contribution in [2.75, 3.05) is 0 Å². The van der Waals surface area contributed by atoms with Crippen molar-refractivity contribution in [3.63, 3.8) is 0 Å². The van der Waals surface area contributed by atoms with Crippen LogP contribution in [0.15, 0.2) is 70.6 Å². The van der Waals surface area contributed by atoms with Gasteiger partial charge in [0.15, 0.2) is 6.20 Å². The Morgan fingerprint density at radius 2 is 1.72 bits per heavy atom. The fraction of sp³-hybridized carbons (Fsp3) is 0.273. The molecule has 0 amide bonds. The molecule has 0 fully saturated rings. The van der Waals surface area contributed by atoms with Crippen molar-refractivity contribution < 1.29 is 4.57 Å². The average Bonchev–Trinajstić information content (AvgIpc) is 2.85. The monoisotopic (exact) mass is 487 g/mol. The number of hydrogen-bond donors (Lipinski definition) is 0. The van der Waals surface area contributed by atoms with E-state index in [1.807, 2.05) is 25.6 Å². The lowest BCUT2D eigenvalue weighted by molar-refractivity contribution is -0.659. The van der Waals surface area contributed by atoms with Crippen LogP contribution in [-0.2, 0) is 13.5 Å². The second-order valence-electron chi connectivity index (χ2n) is 11.1. The molecule has 0 atom stereocenters. The lowest BCUT2D eigenvalue weighted by Gasteiger charge is -2.26. The van der Waals surface area contributed by atoms with Crippen molar-refractivity contribution in [2.45, 2.75) is 62.3 Å². The first-order chi connectivity index (χ1) is 17.2. The van der Waals surface area contributed by atoms with E-state index < -0.39 is 5.54 Å². The molecule has 2 heterocycles. The van der Waals surface area contributed by atoms with E-state index in [0.717, 1.165) is 6.42 Å². The smallest absolute Gasteiger partial charge is 0.231 e. The number of aryl methyl sites for hydroxylation is 2. The van der Waals surface area contributed by atoms with E-state index in [9.17, 15) is 0 Å². The van der Waals surface area contributed by atoms with E-state index in [0.29, 0.717) is 5.92 Å². The van der Waals surface area contributed by atoms with Gasteiger partial charge in [0.05, 0.1) is 17.4 Å². The summed E-state index contributed by atoms with van der Waals surface area (Å²) in [5.74, 6) is 0.422. The standard InChI is InChI=1S/C33H31N2S/c1-19(2)27-24-14-9-8-13-23(24)20(3)28-31-30-25(15-16-35(31)7)29-21(17-26(30)36-32(27)28)11-10-12-22(29)18-33(4,5)34-6/h8-17,19H,18H2,1-5,7H3/q+1. The third-order valence-electron chi connectivity index (χ3n) is 7.73. The Labute approximate surface area is 217 Å². The highest BCUT2D eigenvalue weighted by molar-refractivity contribution is 8.00. The van der Waals surface area contributed by atoms with Crippen molar-refractivity contribution in [1.29, 1.82) is 0 Å². The highest BCUT2D eigenvalue weighted by Gasteiger charge is 2.33. The Kier molecular flexibility index (Phi) is 5.18. The van der Waals surface area contributed by atoms with Crippen molar-refractivity contribution in [3.8, 4) is 11.3 Å². The quantitative estimate of drug-likeness (QED) is 0.138. The Hall–Kier alpha value is -3.35. The SMILES string of the molecule is [C-]#[N+]C(C)(C)Cc1cccc2cc3c4c([n+](C)ccc4c12)-c1c(c(C(C)C)c2ccccc2c1C)S3. The summed E-state index contributed by atoms with van der Waals surface area (Å²) in [7, 11) is 2.18. The third kappa shape index (κ3) is 3.28. The fourth-order valence-corrected chi connectivity index (χ4v) is 7.63. The Balaban J connectivity index is 1.78. The summed E-state index contributed by atoms with van der Waals surface area (Å²) in [6, 6.07) is 20.2. The lowest BCUT2D eigenvalue weighted by atomic mass is 9.86. The molecule has 0 radical (unpaired) electrons. The average molecular weight is 488 g/mol. The van der Waals surface area contributed by atoms with E-state index in [4.69, 9.17) is 6.57 Å². The summed E-state index contributed by atoms with van der Waals surface area (Å²) in [4.78, 5) is 6.65. The first kappa shape index (κ1) is 23.1. The molecule has 36 heavy (non-hydrogen) atoms. The summed E-state index contributed by atoms with van der Waals surface area (Å²) < 4.78 is 2.31. The van der Waals surface area contributed by atoms with Crippen molar-refractivity contribution in [2.24, 2.45) is 7.05 Å². The fourth-order valence-electron chi connectivity index (χ4n) is 6.10. The molecule has 6 rings (SSSR count). The van der Waals surface area contributed by atoms with E-state index in [1.54, 1.807) is 0 Å². The highest BCUT2D eigenvalue weighted by atomic mass is 32.2. The largest absolute Gasteiger partial charge is 0.311 e. The maximum absolute atomic E-state index is 7.70. The number of benzene rings is 4. The second-order valence-corrected chi connectivity index (χ2v) is 12.2. The number of rotatable bonds is 3. The van der Waals surface area contributed by atoms with Gasteiger partial charge in [-0.15, -0.1) is 0 Å². The van der Waals surface area contributed by atoms with Gasteiger partial charge < -0.3 is 4.85 Å². The molecule has 0 spiro atoms. The Morgan fingerprint density at radius 3 is 2.44 bits per heavy atom. The predicted octanol–water partition coefficient (Wildman–Crippen LogP) is 8.77. The van der Waals surface area contributed by atoms with Crippen molar-refractivity contribution in [3.05, 3.63) is 88.9 Å². The third-order valence-corrected chi connectivity index (χ3v) is 8.90. The second kappa shape index (κ2) is 8.08. The van der Waals surface area contributed by atoms with Gasteiger partial charge in [0.25, 0.3) is 0 Å². The van der Waals surface area contributed by atoms with E-state index in [1.165, 1.54) is 70.1 Å². The molecule has 178 valence electrons. The normalized spacial score (nSPS) is 12.9. The summed E-state index contributed by atoms with van der Waals surface area (Å²) in [6.45, 7) is 18.7. The van der Waals surface area contributed by atoms with Crippen LogP contribution >= 0.6 is 11.8 Å². The first-order valence-electron chi connectivity index (χ1n) is 12.7. The molecule has 5 aromatic rings. The van der Waals surface area contributed by atoms with Gasteiger partial charge in [-0.05, 0) is 57.1 Å². The molecule has 0 unspecified atom stereocenters. The summed E-state index contributed by atoms with van der Waals surface area (Å²) in [5.41, 5.74) is 6.32. The zero-order chi connectivity index (χ0) is 25.4. The Morgan fingerprint density at radius 1 is 0.972 bits per heavy atom. The molecule has 1 aliphatic rings. The zero-order valence-corrected chi connectivity index (χ0v) is 22.7. The van der Waals surface area contributed by atoms with Gasteiger partial charge in [-0.1, -0.05) is 68.1 Å². The topological polar surface area (TPSA) is 8.24 Å². The molecule has 1 aliphatic heterocycles. The minimum atomic E-state index is -0.429. The van der Waals surface area contributed by atoms with E-state index in [2.05, 4.69) is 98.0 Å². The van der Waals surface area contributed by atoms with Gasteiger partial charge >= 0.3 is 0 Å². The molecular weight excluding hydrogens is 456 g/mol. The zero-order valence-electron chi connectivity index (χ0n) is 21.9. The number of aromatic nitrogens is 1. The van der Waals surface area contributed by atoms with Crippen LogP contribution in [0.4, 0.5) is 0 Å². The van der Waals surface area contributed by atoms with E-state index in [-0.39, 0.29) is 0 Å². The van der Waals surface area contributed by atoms with Crippen LogP contribution in [0.2, 0.25) is 0 Å². The van der Waals surface area contributed by atoms with Gasteiger partial charge in [-0.3, -0.25) is 0 Å². The summed E-state index contributed by atoms with van der Waals surface area (Å²) >= 11 is 1.94. The highest BCUT2D eigenvalue weighted by Crippen LogP contribution is 2.54. The molecule has 3 heteroatoms. The van der Waals surface area contributed by atoms with Gasteiger partial charge in [0, 0.05) is 35.1 Å². The van der Waals surface area contributed by atoms with Crippen LogP contribution in [0, 0.1) is 13.5 Å². The van der Waals surface area contributed by atoms with Crippen LogP contribution in [0.3, 0.4) is 0 Å². The summed E-state index contributed by atoms with van der Waals surface area (Å²) in [5, 5.41) is 7.91. The van der Waals surface area contributed by atoms with Crippen LogP contribution in [-0.4, -0.2) is 5.54 Å². The minimum Gasteiger partial charge on any atom is -0.311 e. The first-order valence-corrected chi connectivity index (χ1v) is 13.5. The van der Waals surface area contributed by atoms with Gasteiger partial charge in [0.1, 0.15) is 7.05 Å². The van der Waals surface area contributed by atoms with Gasteiger partial charge in [-0.2, -0.15) is 0 Å². The number of pyridine rings is 1. The molecule has 0 aliphatic carbocycles. The molecule has 2 nitrogen and oxygen atoms in total. The molecule has 0 bridgehead atoms. The van der Waals surface area contributed by atoms with Gasteiger partial charge in [-0.25, -0.2) is 11.1 Å². The van der Waals surface area contributed by atoms with Crippen LogP contribution in [0.25, 0.3) is 48.4 Å². The van der Waals surface area contributed by atoms with Crippen LogP contribution < -0.4 is 4.57 Å². The maximum Gasteiger partial charge on any atom is 0.231 e. The Bertz CT molecular complexity index is 1770. The molecule has 0 saturated heterocycles. The van der Waals surface area contributed by atoms with Crippen LogP contribution in [0.5, 0.6) is 0 Å². The number of hydrogen-bond acceptors (Lipinski definition) is 1. The minimum absolute atomic E-state index is 0.422. The lowest BCUT2D eigenvalue weighted by Crippen LogP contribution is -2.32. The maximum atomic E-state index is 7.70. The van der Waals surface area contributed by atoms with Crippen LogP contribution in [0.1, 0.15) is 50.3 Å². The van der Waals surface area contributed by atoms with Crippen molar-refractivity contribution >= 4 is 44.1 Å². The van der Waals surface area contributed by atoms with Crippen molar-refractivity contribution in [1.82, 2.24) is 0 Å². The molecule has 0 N–H and O–H groups in total. The molecule has 1 aromatic heterocycles. The molecular formula is C33H31N2S+. The van der Waals surface area contributed by atoms with E-state index >= 15 is 0 Å². The number of fused-ring (bicyclic) bond motifs is 5.